The van der Waals surface area contributed by atoms with Crippen molar-refractivity contribution in [3.8, 4) is 0 Å². The summed E-state index contributed by atoms with van der Waals surface area (Å²) in [5, 5.41) is 5.43. The van der Waals surface area contributed by atoms with Gasteiger partial charge in [-0.05, 0) is 25.7 Å². The number of piperidine rings is 1. The summed E-state index contributed by atoms with van der Waals surface area (Å²) < 4.78 is 0. The van der Waals surface area contributed by atoms with E-state index in [-0.39, 0.29) is 23.9 Å². The van der Waals surface area contributed by atoms with Crippen LogP contribution < -0.4 is 10.6 Å². The summed E-state index contributed by atoms with van der Waals surface area (Å²) in [6.45, 7) is 0. The maximum atomic E-state index is 11.7. The summed E-state index contributed by atoms with van der Waals surface area (Å²) in [6, 6.07) is -0.637. The number of imide groups is 1. The lowest BCUT2D eigenvalue weighted by Crippen LogP contribution is -2.56. The van der Waals surface area contributed by atoms with Gasteiger partial charge in [-0.25, -0.2) is 4.79 Å². The fourth-order valence-electron chi connectivity index (χ4n) is 1.99. The first-order valence-electron chi connectivity index (χ1n) is 5.95. The molecule has 2 N–H and O–H groups in total. The zero-order valence-corrected chi connectivity index (χ0v) is 9.86. The molecule has 4 amide bonds. The van der Waals surface area contributed by atoms with Gasteiger partial charge in [0, 0.05) is 19.5 Å². The Hall–Kier alpha value is -1.59. The number of nitrogens with one attached hydrogen (secondary N) is 2. The standard InChI is InChI=1S/C11H17N3O3/c1-14-9(15)6-5-8(10(14)16)13-11(17)12-7-3-2-4-7/h7-8H,2-6H2,1H3,(H2,12,13,17). The molecule has 0 radical (unpaired) electrons. The van der Waals surface area contributed by atoms with E-state index >= 15 is 0 Å². The Morgan fingerprint density at radius 3 is 2.53 bits per heavy atom. The number of carbonyl (C=O) groups excluding carboxylic acids is 3. The van der Waals surface area contributed by atoms with Gasteiger partial charge >= 0.3 is 6.03 Å². The molecule has 1 atom stereocenters. The van der Waals surface area contributed by atoms with E-state index in [1.54, 1.807) is 0 Å². The Bertz CT molecular complexity index is 352. The van der Waals surface area contributed by atoms with E-state index in [1.807, 2.05) is 0 Å². The second-order valence-corrected chi connectivity index (χ2v) is 4.63. The Kier molecular flexibility index (Phi) is 3.31. The fraction of sp³-hybridized carbons (Fsp3) is 0.727. The summed E-state index contributed by atoms with van der Waals surface area (Å²) in [5.41, 5.74) is 0. The van der Waals surface area contributed by atoms with Crippen LogP contribution in [0.5, 0.6) is 0 Å². The maximum Gasteiger partial charge on any atom is 0.315 e. The summed E-state index contributed by atoms with van der Waals surface area (Å²) in [6.07, 6.45) is 3.84. The first kappa shape index (κ1) is 11.9. The molecule has 1 saturated carbocycles. The van der Waals surface area contributed by atoms with Gasteiger partial charge < -0.3 is 10.6 Å². The average Bonchev–Trinajstić information content (AvgIpc) is 2.25. The molecule has 6 nitrogen and oxygen atoms in total. The van der Waals surface area contributed by atoms with E-state index in [9.17, 15) is 14.4 Å². The number of hydrogen-bond acceptors (Lipinski definition) is 3. The number of urea groups is 1. The molecular weight excluding hydrogens is 222 g/mol. The predicted molar refractivity (Wildman–Crippen MR) is 60.1 cm³/mol. The van der Waals surface area contributed by atoms with Crippen LogP contribution >= 0.6 is 0 Å². The first-order chi connectivity index (χ1) is 8.08. The molecule has 0 aromatic heterocycles. The Labute approximate surface area is 99.7 Å². The van der Waals surface area contributed by atoms with Gasteiger partial charge in [0.25, 0.3) is 5.91 Å². The van der Waals surface area contributed by atoms with E-state index < -0.39 is 6.04 Å². The normalized spacial score (nSPS) is 25.5. The molecule has 2 aliphatic rings. The van der Waals surface area contributed by atoms with E-state index in [0.29, 0.717) is 12.8 Å². The lowest BCUT2D eigenvalue weighted by Gasteiger charge is -2.30. The van der Waals surface area contributed by atoms with Crippen molar-refractivity contribution < 1.29 is 14.4 Å². The van der Waals surface area contributed by atoms with E-state index in [4.69, 9.17) is 0 Å². The van der Waals surface area contributed by atoms with Crippen LogP contribution in [-0.2, 0) is 9.59 Å². The summed E-state index contributed by atoms with van der Waals surface area (Å²) in [7, 11) is 1.45. The topological polar surface area (TPSA) is 78.5 Å². The molecule has 1 saturated heterocycles. The number of hydrogen-bond donors (Lipinski definition) is 2. The van der Waals surface area contributed by atoms with Gasteiger partial charge in [0.2, 0.25) is 5.91 Å². The minimum Gasteiger partial charge on any atom is -0.335 e. The van der Waals surface area contributed by atoms with Gasteiger partial charge in [0.1, 0.15) is 6.04 Å². The van der Waals surface area contributed by atoms with Gasteiger partial charge in [-0.1, -0.05) is 0 Å². The van der Waals surface area contributed by atoms with E-state index in [0.717, 1.165) is 24.2 Å². The number of likely N-dealkylation sites (N-methyl/N-ethyl adjacent to an activating group) is 1. The van der Waals surface area contributed by atoms with Crippen LogP contribution in [0.4, 0.5) is 4.79 Å². The molecule has 1 aliphatic heterocycles. The van der Waals surface area contributed by atoms with Crippen molar-refractivity contribution in [2.45, 2.75) is 44.2 Å². The average molecular weight is 239 g/mol. The molecule has 0 spiro atoms. The molecule has 0 bridgehead atoms. The number of likely N-dealkylation sites (tertiary alicyclic amines) is 1. The Morgan fingerprint density at radius 2 is 1.94 bits per heavy atom. The number of nitrogens with zero attached hydrogens (tertiary/aromatic N) is 1. The van der Waals surface area contributed by atoms with Gasteiger partial charge in [-0.2, -0.15) is 0 Å². The Balaban J connectivity index is 1.83. The van der Waals surface area contributed by atoms with Crippen LogP contribution in [0.2, 0.25) is 0 Å². The molecular formula is C11H17N3O3. The van der Waals surface area contributed by atoms with Gasteiger partial charge in [-0.3, -0.25) is 14.5 Å². The maximum absolute atomic E-state index is 11.7. The van der Waals surface area contributed by atoms with Crippen molar-refractivity contribution in [2.24, 2.45) is 0 Å². The predicted octanol–water partition coefficient (Wildman–Crippen LogP) is -0.0145. The van der Waals surface area contributed by atoms with Crippen LogP contribution in [0.3, 0.4) is 0 Å². The molecule has 17 heavy (non-hydrogen) atoms. The quantitative estimate of drug-likeness (QED) is 0.665. The van der Waals surface area contributed by atoms with Crippen LogP contribution in [0.1, 0.15) is 32.1 Å². The molecule has 0 aromatic carbocycles. The van der Waals surface area contributed by atoms with Crippen molar-refractivity contribution in [3.05, 3.63) is 0 Å². The zero-order chi connectivity index (χ0) is 12.4. The molecule has 1 aliphatic carbocycles. The van der Waals surface area contributed by atoms with Crippen molar-refractivity contribution in [1.29, 1.82) is 0 Å². The zero-order valence-electron chi connectivity index (χ0n) is 9.86. The van der Waals surface area contributed by atoms with Crippen molar-refractivity contribution >= 4 is 17.8 Å². The summed E-state index contributed by atoms with van der Waals surface area (Å²) in [5.74, 6) is -0.516. The van der Waals surface area contributed by atoms with Gasteiger partial charge in [0.15, 0.2) is 0 Å². The monoisotopic (exact) mass is 239 g/mol. The fourth-order valence-corrected chi connectivity index (χ4v) is 1.99. The molecule has 6 heteroatoms. The largest absolute Gasteiger partial charge is 0.335 e. The molecule has 94 valence electrons. The first-order valence-corrected chi connectivity index (χ1v) is 5.95. The minimum absolute atomic E-state index is 0.188. The highest BCUT2D eigenvalue weighted by Gasteiger charge is 2.33. The van der Waals surface area contributed by atoms with Crippen molar-refractivity contribution in [3.63, 3.8) is 0 Å². The molecule has 1 unspecified atom stereocenters. The van der Waals surface area contributed by atoms with Gasteiger partial charge in [0.05, 0.1) is 0 Å². The minimum atomic E-state index is -0.572. The van der Waals surface area contributed by atoms with Crippen molar-refractivity contribution in [1.82, 2.24) is 15.5 Å². The summed E-state index contributed by atoms with van der Waals surface area (Å²) in [4.78, 5) is 35.6. The second-order valence-electron chi connectivity index (χ2n) is 4.63. The SMILES string of the molecule is CN1C(=O)CCC(NC(=O)NC2CCC2)C1=O. The molecule has 2 rings (SSSR count). The smallest absolute Gasteiger partial charge is 0.315 e. The third kappa shape index (κ3) is 2.57. The number of rotatable bonds is 2. The van der Waals surface area contributed by atoms with Crippen LogP contribution in [0, 0.1) is 0 Å². The van der Waals surface area contributed by atoms with Gasteiger partial charge in [-0.15, -0.1) is 0 Å². The molecule has 1 heterocycles. The third-order valence-corrected chi connectivity index (χ3v) is 3.40. The number of amides is 4. The molecule has 0 aromatic rings. The van der Waals surface area contributed by atoms with Crippen LogP contribution in [0.25, 0.3) is 0 Å². The second kappa shape index (κ2) is 4.73. The lowest BCUT2D eigenvalue weighted by molar-refractivity contribution is -0.147. The van der Waals surface area contributed by atoms with E-state index in [1.165, 1.54) is 7.05 Å². The lowest BCUT2D eigenvalue weighted by atomic mass is 9.93. The summed E-state index contributed by atoms with van der Waals surface area (Å²) >= 11 is 0. The highest BCUT2D eigenvalue weighted by atomic mass is 16.2. The van der Waals surface area contributed by atoms with Crippen LogP contribution in [-0.4, -0.2) is 41.9 Å². The number of carbonyl (C=O) groups is 3. The molecule has 2 fully saturated rings. The van der Waals surface area contributed by atoms with Crippen LogP contribution in [0.15, 0.2) is 0 Å². The highest BCUT2D eigenvalue weighted by molar-refractivity contribution is 6.01. The van der Waals surface area contributed by atoms with E-state index in [2.05, 4.69) is 10.6 Å². The Morgan fingerprint density at radius 1 is 1.24 bits per heavy atom. The van der Waals surface area contributed by atoms with Crippen molar-refractivity contribution in [2.75, 3.05) is 7.05 Å². The highest BCUT2D eigenvalue weighted by Crippen LogP contribution is 2.18. The third-order valence-electron chi connectivity index (χ3n) is 3.40.